The first kappa shape index (κ1) is 21.9. The predicted octanol–water partition coefficient (Wildman–Crippen LogP) is 5.39. The van der Waals surface area contributed by atoms with Gasteiger partial charge >= 0.3 is 0 Å². The Balaban J connectivity index is 1.71. The van der Waals surface area contributed by atoms with E-state index in [-0.39, 0.29) is 12.5 Å². The van der Waals surface area contributed by atoms with Crippen molar-refractivity contribution in [2.75, 3.05) is 7.11 Å². The minimum absolute atomic E-state index is 0.181. The summed E-state index contributed by atoms with van der Waals surface area (Å²) in [5, 5.41) is 5.29. The number of nitrogens with one attached hydrogen (secondary N) is 1. The molecule has 1 aromatic heterocycles. The Labute approximate surface area is 188 Å². The predicted molar refractivity (Wildman–Crippen MR) is 118 cm³/mol. The van der Waals surface area contributed by atoms with Crippen LogP contribution in [0.25, 0.3) is 0 Å². The van der Waals surface area contributed by atoms with Crippen LogP contribution in [0.1, 0.15) is 21.5 Å². The lowest BCUT2D eigenvalue weighted by Crippen LogP contribution is -2.17. The van der Waals surface area contributed by atoms with E-state index in [1.165, 1.54) is 19.5 Å². The van der Waals surface area contributed by atoms with E-state index in [2.05, 4.69) is 15.5 Å². The number of hydrogen-bond acceptors (Lipinski definition) is 5. The molecule has 0 aliphatic rings. The molecule has 1 N–H and O–H groups in total. The van der Waals surface area contributed by atoms with Crippen LogP contribution in [0.3, 0.4) is 0 Å². The van der Waals surface area contributed by atoms with E-state index in [0.29, 0.717) is 37.7 Å². The zero-order chi connectivity index (χ0) is 21.5. The molecule has 154 valence electrons. The average Bonchev–Trinajstić information content (AvgIpc) is 2.74. The number of methoxy groups -OCH3 is 1. The maximum absolute atomic E-state index is 12.0. The van der Waals surface area contributed by atoms with E-state index < -0.39 is 0 Å². The van der Waals surface area contributed by atoms with Gasteiger partial charge in [0, 0.05) is 28.0 Å². The van der Waals surface area contributed by atoms with Gasteiger partial charge in [-0.2, -0.15) is 5.10 Å². The van der Waals surface area contributed by atoms with Crippen molar-refractivity contribution in [1.82, 2.24) is 10.4 Å². The Hall–Kier alpha value is -2.80. The van der Waals surface area contributed by atoms with Gasteiger partial charge in [0.15, 0.2) is 11.5 Å². The molecule has 0 aliphatic carbocycles. The van der Waals surface area contributed by atoms with Crippen LogP contribution in [0.5, 0.6) is 11.5 Å². The number of nitrogens with zero attached hydrogens (tertiary/aromatic N) is 2. The van der Waals surface area contributed by atoms with Crippen LogP contribution in [-0.2, 0) is 6.61 Å². The fraction of sp³-hybridized carbons (Fsp3) is 0.0952. The van der Waals surface area contributed by atoms with Crippen molar-refractivity contribution < 1.29 is 14.3 Å². The SMILES string of the molecule is COc1cc(/C=N\NC(=O)c2cccnc2)cc(Cl)c1OCc1ccc(Cl)cc1Cl. The Morgan fingerprint density at radius 2 is 2.00 bits per heavy atom. The summed E-state index contributed by atoms with van der Waals surface area (Å²) in [6.45, 7) is 0.181. The van der Waals surface area contributed by atoms with Gasteiger partial charge in [-0.25, -0.2) is 5.43 Å². The van der Waals surface area contributed by atoms with Gasteiger partial charge in [-0.3, -0.25) is 9.78 Å². The molecule has 0 atom stereocenters. The number of aromatic nitrogens is 1. The molecular weight excluding hydrogens is 449 g/mol. The lowest BCUT2D eigenvalue weighted by Gasteiger charge is -2.14. The second-order valence-electron chi connectivity index (χ2n) is 6.00. The lowest BCUT2D eigenvalue weighted by molar-refractivity contribution is 0.0955. The smallest absolute Gasteiger partial charge is 0.272 e. The van der Waals surface area contributed by atoms with Crippen LogP contribution < -0.4 is 14.9 Å². The van der Waals surface area contributed by atoms with Gasteiger partial charge in [0.1, 0.15) is 6.61 Å². The van der Waals surface area contributed by atoms with Gasteiger partial charge < -0.3 is 9.47 Å². The Morgan fingerprint density at radius 1 is 1.17 bits per heavy atom. The molecule has 0 saturated heterocycles. The van der Waals surface area contributed by atoms with E-state index >= 15 is 0 Å². The number of amides is 1. The van der Waals surface area contributed by atoms with Gasteiger partial charge in [0.05, 0.1) is 23.9 Å². The van der Waals surface area contributed by atoms with Gasteiger partial charge in [0.2, 0.25) is 0 Å². The molecule has 0 unspecified atom stereocenters. The Bertz CT molecular complexity index is 1080. The van der Waals surface area contributed by atoms with Crippen LogP contribution >= 0.6 is 34.8 Å². The van der Waals surface area contributed by atoms with E-state index in [9.17, 15) is 4.79 Å². The highest BCUT2D eigenvalue weighted by atomic mass is 35.5. The zero-order valence-corrected chi connectivity index (χ0v) is 18.0. The molecule has 0 spiro atoms. The molecule has 6 nitrogen and oxygen atoms in total. The van der Waals surface area contributed by atoms with Crippen molar-refractivity contribution in [3.63, 3.8) is 0 Å². The molecule has 0 aliphatic heterocycles. The van der Waals surface area contributed by atoms with Gasteiger partial charge in [-0.05, 0) is 42.0 Å². The molecule has 0 bridgehead atoms. The number of carbonyl (C=O) groups is 1. The van der Waals surface area contributed by atoms with E-state index in [4.69, 9.17) is 44.3 Å². The van der Waals surface area contributed by atoms with Crippen molar-refractivity contribution in [2.45, 2.75) is 6.61 Å². The highest BCUT2D eigenvalue weighted by Gasteiger charge is 2.13. The van der Waals surface area contributed by atoms with E-state index in [1.807, 2.05) is 0 Å². The molecule has 3 rings (SSSR count). The van der Waals surface area contributed by atoms with Crippen molar-refractivity contribution in [2.24, 2.45) is 5.10 Å². The number of hydrogen-bond donors (Lipinski definition) is 1. The maximum Gasteiger partial charge on any atom is 0.272 e. The lowest BCUT2D eigenvalue weighted by atomic mass is 10.2. The van der Waals surface area contributed by atoms with Crippen molar-refractivity contribution in [1.29, 1.82) is 0 Å². The highest BCUT2D eigenvalue weighted by molar-refractivity contribution is 6.35. The highest BCUT2D eigenvalue weighted by Crippen LogP contribution is 2.37. The quantitative estimate of drug-likeness (QED) is 0.376. The van der Waals surface area contributed by atoms with Crippen molar-refractivity contribution >= 4 is 46.9 Å². The summed E-state index contributed by atoms with van der Waals surface area (Å²) < 4.78 is 11.2. The second-order valence-corrected chi connectivity index (χ2v) is 7.25. The fourth-order valence-corrected chi connectivity index (χ4v) is 3.21. The van der Waals surface area contributed by atoms with Gasteiger partial charge in [-0.15, -0.1) is 0 Å². The molecule has 9 heteroatoms. The average molecular weight is 465 g/mol. The second kappa shape index (κ2) is 10.3. The molecule has 0 radical (unpaired) electrons. The minimum atomic E-state index is -0.378. The number of rotatable bonds is 7. The molecule has 1 amide bonds. The van der Waals surface area contributed by atoms with Crippen LogP contribution in [0.2, 0.25) is 15.1 Å². The third-order valence-corrected chi connectivity index (χ3v) is 4.81. The topological polar surface area (TPSA) is 72.8 Å². The summed E-state index contributed by atoms with van der Waals surface area (Å²) >= 11 is 18.5. The monoisotopic (exact) mass is 463 g/mol. The molecule has 3 aromatic rings. The summed E-state index contributed by atoms with van der Waals surface area (Å²) in [5.41, 5.74) is 4.19. The third kappa shape index (κ3) is 5.63. The van der Waals surface area contributed by atoms with E-state index in [1.54, 1.807) is 48.7 Å². The standard InChI is InChI=1S/C21H16Cl3N3O3/c1-29-19-8-13(10-26-27-21(28)14-3-2-6-25-11-14)7-18(24)20(19)30-12-15-4-5-16(22)9-17(15)23/h2-11H,12H2,1H3,(H,27,28)/b26-10-. The van der Waals surface area contributed by atoms with Gasteiger partial charge in [-0.1, -0.05) is 40.9 Å². The Kier molecular flexibility index (Phi) is 7.52. The van der Waals surface area contributed by atoms with Crippen LogP contribution in [0.4, 0.5) is 0 Å². The summed E-state index contributed by atoms with van der Waals surface area (Å²) in [6, 6.07) is 11.8. The van der Waals surface area contributed by atoms with Crippen molar-refractivity contribution in [3.05, 3.63) is 86.6 Å². The summed E-state index contributed by atoms with van der Waals surface area (Å²) in [5.74, 6) is 0.395. The summed E-state index contributed by atoms with van der Waals surface area (Å²) in [4.78, 5) is 15.9. The summed E-state index contributed by atoms with van der Waals surface area (Å²) in [7, 11) is 1.50. The zero-order valence-electron chi connectivity index (χ0n) is 15.7. The molecule has 2 aromatic carbocycles. The maximum atomic E-state index is 12.0. The third-order valence-electron chi connectivity index (χ3n) is 3.94. The molecule has 1 heterocycles. The molecule has 30 heavy (non-hydrogen) atoms. The summed E-state index contributed by atoms with van der Waals surface area (Å²) in [6.07, 6.45) is 4.48. The van der Waals surface area contributed by atoms with Gasteiger partial charge in [0.25, 0.3) is 5.91 Å². The van der Waals surface area contributed by atoms with Crippen molar-refractivity contribution in [3.8, 4) is 11.5 Å². The first-order valence-corrected chi connectivity index (χ1v) is 9.79. The molecule has 0 fully saturated rings. The first-order valence-electron chi connectivity index (χ1n) is 8.65. The Morgan fingerprint density at radius 3 is 2.70 bits per heavy atom. The number of benzene rings is 2. The van der Waals surface area contributed by atoms with Crippen LogP contribution in [0, 0.1) is 0 Å². The number of carbonyl (C=O) groups excluding carboxylic acids is 1. The number of hydrazone groups is 1. The number of ether oxygens (including phenoxy) is 2. The minimum Gasteiger partial charge on any atom is -0.493 e. The molecule has 0 saturated carbocycles. The molecular formula is C21H16Cl3N3O3. The fourth-order valence-electron chi connectivity index (χ4n) is 2.47. The van der Waals surface area contributed by atoms with E-state index in [0.717, 1.165) is 5.56 Å². The normalized spacial score (nSPS) is 10.8. The largest absolute Gasteiger partial charge is 0.493 e. The van der Waals surface area contributed by atoms with Crippen LogP contribution in [0.15, 0.2) is 60.0 Å². The first-order chi connectivity index (χ1) is 14.5. The number of halogens is 3. The number of pyridine rings is 1. The van der Waals surface area contributed by atoms with Crippen LogP contribution in [-0.4, -0.2) is 24.2 Å².